The first-order chi connectivity index (χ1) is 26.2. The van der Waals surface area contributed by atoms with Crippen LogP contribution in [-0.4, -0.2) is 0 Å². The molecule has 0 radical (unpaired) electrons. The van der Waals surface area contributed by atoms with Gasteiger partial charge in [0.15, 0.2) is 5.58 Å². The number of nitrogens with zero attached hydrogens (tertiary/aromatic N) is 1. The Morgan fingerprint density at radius 2 is 1.00 bits per heavy atom. The molecule has 0 unspecified atom stereocenters. The minimum atomic E-state index is 0.254. The van der Waals surface area contributed by atoms with Gasteiger partial charge >= 0.3 is 0 Å². The van der Waals surface area contributed by atoms with Crippen molar-refractivity contribution in [1.82, 2.24) is 0 Å². The molecule has 0 aliphatic heterocycles. The normalized spacial score (nSPS) is 12.1. The van der Waals surface area contributed by atoms with Gasteiger partial charge in [0, 0.05) is 47.9 Å². The van der Waals surface area contributed by atoms with Crippen molar-refractivity contribution < 1.29 is 7.16 Å². The summed E-state index contributed by atoms with van der Waals surface area (Å²) in [6.07, 6.45) is 0. The van der Waals surface area contributed by atoms with Gasteiger partial charge in [-0.25, -0.2) is 0 Å². The van der Waals surface area contributed by atoms with Crippen LogP contribution >= 0.6 is 11.3 Å². The maximum absolute atomic E-state index is 10.1. The number of thiophene rings is 1. The third-order valence-corrected chi connectivity index (χ3v) is 11.0. The minimum absolute atomic E-state index is 0.254. The highest BCUT2D eigenvalue weighted by atomic mass is 32.1. The van der Waals surface area contributed by atoms with E-state index in [1.807, 2.05) is 95.9 Å². The zero-order valence-electron chi connectivity index (χ0n) is 29.5. The maximum atomic E-state index is 10.1. The van der Waals surface area contributed by atoms with E-state index in [1.54, 1.807) is 11.3 Å². The average molecular weight is 672 g/mol. The monoisotopic (exact) mass is 671 g/mol. The molecule has 0 saturated carbocycles. The minimum Gasteiger partial charge on any atom is -0.454 e. The Labute approximate surface area is 302 Å². The van der Waals surface area contributed by atoms with E-state index in [4.69, 9.17) is 4.42 Å². The van der Waals surface area contributed by atoms with E-state index >= 15 is 0 Å². The van der Waals surface area contributed by atoms with Crippen molar-refractivity contribution in [2.24, 2.45) is 0 Å². The van der Waals surface area contributed by atoms with Crippen LogP contribution in [0.15, 0.2) is 192 Å². The van der Waals surface area contributed by atoms with Crippen molar-refractivity contribution in [2.75, 3.05) is 4.90 Å². The van der Waals surface area contributed by atoms with Crippen molar-refractivity contribution in [3.63, 3.8) is 0 Å². The first-order valence-electron chi connectivity index (χ1n) is 18.1. The molecular formula is C48H31NOS. The number of hydrogen-bond donors (Lipinski definition) is 0. The van der Waals surface area contributed by atoms with E-state index in [1.165, 1.54) is 26.6 Å². The molecule has 2 heterocycles. The first-order valence-corrected chi connectivity index (χ1v) is 17.9. The second-order valence-electron chi connectivity index (χ2n) is 12.7. The summed E-state index contributed by atoms with van der Waals surface area (Å²) in [5, 5.41) is 4.39. The van der Waals surface area contributed by atoms with Gasteiger partial charge in [0.25, 0.3) is 0 Å². The standard InChI is InChI=1S/C48H31NOS/c1-4-15-32(16-5-1)36-22-12-25-41-42-26-13-24-40(48(42)51-47(36)41)37-30-29-35(31-43(37)33-17-6-2-7-18-33)49(34-19-8-3-9-20-34)44-27-14-23-39-38-21-10-11-28-45(38)50-46(39)44/h1-31H/i29D,31D. The van der Waals surface area contributed by atoms with Crippen LogP contribution in [0.5, 0.6) is 0 Å². The van der Waals surface area contributed by atoms with Crippen molar-refractivity contribution in [1.29, 1.82) is 0 Å². The Hall–Kier alpha value is -6.42. The molecule has 0 fully saturated rings. The molecule has 3 heteroatoms. The third-order valence-electron chi connectivity index (χ3n) is 9.69. The third kappa shape index (κ3) is 4.93. The molecule has 0 aliphatic carbocycles. The lowest BCUT2D eigenvalue weighted by Gasteiger charge is -2.27. The van der Waals surface area contributed by atoms with Crippen molar-refractivity contribution >= 4 is 70.5 Å². The fourth-order valence-corrected chi connectivity index (χ4v) is 8.72. The van der Waals surface area contributed by atoms with Crippen LogP contribution < -0.4 is 4.90 Å². The number of para-hydroxylation sites is 3. The highest BCUT2D eigenvalue weighted by Crippen LogP contribution is 2.48. The molecule has 240 valence electrons. The van der Waals surface area contributed by atoms with Gasteiger partial charge in [-0.2, -0.15) is 0 Å². The van der Waals surface area contributed by atoms with E-state index in [2.05, 4.69) is 84.9 Å². The van der Waals surface area contributed by atoms with Crippen molar-refractivity contribution in [3.8, 4) is 33.4 Å². The van der Waals surface area contributed by atoms with Gasteiger partial charge < -0.3 is 9.32 Å². The van der Waals surface area contributed by atoms with Crippen LogP contribution in [0.1, 0.15) is 2.74 Å². The molecule has 0 atom stereocenters. The molecule has 0 saturated heterocycles. The predicted octanol–water partition coefficient (Wildman–Crippen LogP) is 14.4. The van der Waals surface area contributed by atoms with Gasteiger partial charge in [-0.05, 0) is 64.2 Å². The number of hydrogen-bond acceptors (Lipinski definition) is 3. The second-order valence-corrected chi connectivity index (χ2v) is 13.7. The summed E-state index contributed by atoms with van der Waals surface area (Å²) in [6.45, 7) is 0. The SMILES string of the molecule is [2H]c1cc(-c2cccc3c2sc2c(-c4ccccc4)cccc23)c(-c2ccccc2)c([2H])c1N(c1ccccc1)c1cccc2c1oc1ccccc12. The average Bonchev–Trinajstić information content (AvgIpc) is 3.79. The Kier molecular flexibility index (Phi) is 6.54. The molecular weight excluding hydrogens is 639 g/mol. The Morgan fingerprint density at radius 3 is 1.75 bits per heavy atom. The van der Waals surface area contributed by atoms with E-state index < -0.39 is 0 Å². The van der Waals surface area contributed by atoms with Crippen LogP contribution in [0.2, 0.25) is 0 Å². The fourth-order valence-electron chi connectivity index (χ4n) is 7.35. The van der Waals surface area contributed by atoms with E-state index in [9.17, 15) is 2.74 Å². The Balaban J connectivity index is 1.26. The van der Waals surface area contributed by atoms with E-state index in [0.717, 1.165) is 54.7 Å². The number of anilines is 3. The lowest BCUT2D eigenvalue weighted by atomic mass is 9.92. The maximum Gasteiger partial charge on any atom is 0.159 e. The van der Waals surface area contributed by atoms with Crippen LogP contribution in [0, 0.1) is 0 Å². The van der Waals surface area contributed by atoms with Crippen molar-refractivity contribution in [2.45, 2.75) is 0 Å². The number of fused-ring (bicyclic) bond motifs is 6. The molecule has 0 N–H and O–H groups in total. The summed E-state index contributed by atoms with van der Waals surface area (Å²) in [4.78, 5) is 2.03. The molecule has 8 aromatic carbocycles. The van der Waals surface area contributed by atoms with E-state index in [-0.39, 0.29) is 12.1 Å². The van der Waals surface area contributed by atoms with Crippen molar-refractivity contribution in [3.05, 3.63) is 188 Å². The van der Waals surface area contributed by atoms with Gasteiger partial charge in [-0.15, -0.1) is 11.3 Å². The predicted molar refractivity (Wildman–Crippen MR) is 218 cm³/mol. The summed E-state index contributed by atoms with van der Waals surface area (Å²) < 4.78 is 28.8. The zero-order chi connectivity index (χ0) is 35.5. The van der Waals surface area contributed by atoms with Gasteiger partial charge in [-0.3, -0.25) is 0 Å². The number of furan rings is 1. The van der Waals surface area contributed by atoms with Gasteiger partial charge in [0.1, 0.15) is 5.58 Å². The second kappa shape index (κ2) is 12.2. The molecule has 0 amide bonds. The van der Waals surface area contributed by atoms with Crippen LogP contribution in [-0.2, 0) is 0 Å². The number of rotatable bonds is 6. The molecule has 0 bridgehead atoms. The molecule has 51 heavy (non-hydrogen) atoms. The highest BCUT2D eigenvalue weighted by Gasteiger charge is 2.22. The summed E-state index contributed by atoms with van der Waals surface area (Å²) >= 11 is 1.78. The van der Waals surface area contributed by atoms with Crippen LogP contribution in [0.25, 0.3) is 75.5 Å². The largest absolute Gasteiger partial charge is 0.454 e. The molecule has 0 aliphatic rings. The molecule has 2 nitrogen and oxygen atoms in total. The van der Waals surface area contributed by atoms with E-state index in [0.29, 0.717) is 11.3 Å². The smallest absolute Gasteiger partial charge is 0.159 e. The highest BCUT2D eigenvalue weighted by molar-refractivity contribution is 7.26. The Bertz CT molecular complexity index is 2970. The lowest BCUT2D eigenvalue weighted by molar-refractivity contribution is 0.669. The zero-order valence-corrected chi connectivity index (χ0v) is 28.3. The topological polar surface area (TPSA) is 16.4 Å². The summed E-state index contributed by atoms with van der Waals surface area (Å²) in [7, 11) is 0. The van der Waals surface area contributed by atoms with Gasteiger partial charge in [0.05, 0.1) is 8.43 Å². The summed E-state index contributed by atoms with van der Waals surface area (Å²) in [5.41, 5.74) is 9.59. The molecule has 0 spiro atoms. The number of benzene rings is 8. The summed E-state index contributed by atoms with van der Waals surface area (Å²) in [5.74, 6) is 0. The van der Waals surface area contributed by atoms with Crippen LogP contribution in [0.4, 0.5) is 17.1 Å². The fraction of sp³-hybridized carbons (Fsp3) is 0. The van der Waals surface area contributed by atoms with Gasteiger partial charge in [-0.1, -0.05) is 152 Å². The summed E-state index contributed by atoms with van der Waals surface area (Å²) in [6, 6.07) is 60.4. The first kappa shape index (κ1) is 27.4. The molecule has 10 aromatic rings. The Morgan fingerprint density at radius 1 is 0.431 bits per heavy atom. The molecule has 10 rings (SSSR count). The van der Waals surface area contributed by atoms with Crippen LogP contribution in [0.3, 0.4) is 0 Å². The quantitative estimate of drug-likeness (QED) is 0.175. The van der Waals surface area contributed by atoms with Gasteiger partial charge in [0.2, 0.25) is 0 Å². The molecule has 2 aromatic heterocycles. The lowest BCUT2D eigenvalue weighted by Crippen LogP contribution is -2.10.